The van der Waals surface area contributed by atoms with E-state index in [4.69, 9.17) is 10.00 Å². The molecular formula is C13H15N5O5. The maximum absolute atomic E-state index is 11.8. The average Bonchev–Trinajstić information content (AvgIpc) is 3.09. The summed E-state index contributed by atoms with van der Waals surface area (Å²) in [5.41, 5.74) is -1.81. The van der Waals surface area contributed by atoms with Crippen LogP contribution in [0.5, 0.6) is 0 Å². The molecule has 10 nitrogen and oxygen atoms in total. The lowest BCUT2D eigenvalue weighted by Gasteiger charge is -2.33. The molecule has 1 aliphatic rings. The van der Waals surface area contributed by atoms with Crippen molar-refractivity contribution in [3.8, 4) is 6.07 Å². The minimum Gasteiger partial charge on any atom is -0.394 e. The number of hydrogen-bond acceptors (Lipinski definition) is 8. The van der Waals surface area contributed by atoms with E-state index in [1.165, 1.54) is 17.2 Å². The molecule has 23 heavy (non-hydrogen) atoms. The number of nitrogens with one attached hydrogen (secondary N) is 1. The van der Waals surface area contributed by atoms with Crippen molar-refractivity contribution < 1.29 is 20.1 Å². The van der Waals surface area contributed by atoms with E-state index < -0.39 is 36.2 Å². The van der Waals surface area contributed by atoms with Crippen LogP contribution in [0.2, 0.25) is 0 Å². The van der Waals surface area contributed by atoms with Gasteiger partial charge in [0, 0.05) is 12.8 Å². The second kappa shape index (κ2) is 5.71. The standard InChI is InChI=1S/C13H15N5O5/c14-3-1-2-13(10(21)9(20)7(4-19)23-13)18-6-17-8-11(18)15-5-16-12(8)22/h5-7,9-10,19-21H,1-2,4H2,(H,15,16,22)/t7-,9-,10-,13-/m1/s1. The molecule has 3 rings (SSSR count). The van der Waals surface area contributed by atoms with Crippen molar-refractivity contribution in [2.24, 2.45) is 0 Å². The number of fused-ring (bicyclic) bond motifs is 1. The Bertz CT molecular complexity index is 811. The van der Waals surface area contributed by atoms with Gasteiger partial charge in [0.2, 0.25) is 0 Å². The minimum atomic E-state index is -1.54. The van der Waals surface area contributed by atoms with E-state index in [2.05, 4.69) is 15.0 Å². The van der Waals surface area contributed by atoms with Crippen LogP contribution in [-0.2, 0) is 10.5 Å². The quantitative estimate of drug-likeness (QED) is 0.513. The van der Waals surface area contributed by atoms with E-state index in [9.17, 15) is 20.1 Å². The van der Waals surface area contributed by atoms with E-state index in [1.54, 1.807) is 0 Å². The lowest BCUT2D eigenvalue weighted by Crippen LogP contribution is -2.45. The van der Waals surface area contributed by atoms with Gasteiger partial charge in [-0.1, -0.05) is 0 Å². The first-order valence-electron chi connectivity index (χ1n) is 6.98. The van der Waals surface area contributed by atoms with Crippen LogP contribution >= 0.6 is 0 Å². The van der Waals surface area contributed by atoms with Gasteiger partial charge in [0.1, 0.15) is 18.3 Å². The Morgan fingerprint density at radius 2 is 2.26 bits per heavy atom. The number of aliphatic hydroxyl groups excluding tert-OH is 3. The molecule has 0 unspecified atom stereocenters. The maximum Gasteiger partial charge on any atom is 0.278 e. The summed E-state index contributed by atoms with van der Waals surface area (Å²) in [6.07, 6.45) is -1.31. The molecule has 1 aliphatic heterocycles. The minimum absolute atomic E-state index is 0.0186. The fourth-order valence-electron chi connectivity index (χ4n) is 2.90. The monoisotopic (exact) mass is 321 g/mol. The largest absolute Gasteiger partial charge is 0.394 e. The molecule has 2 aromatic heterocycles. The molecule has 3 heterocycles. The van der Waals surface area contributed by atoms with Crippen molar-refractivity contribution in [1.82, 2.24) is 19.5 Å². The fourth-order valence-corrected chi connectivity index (χ4v) is 2.90. The second-order valence-corrected chi connectivity index (χ2v) is 5.30. The van der Waals surface area contributed by atoms with Crippen LogP contribution in [0.25, 0.3) is 11.2 Å². The van der Waals surface area contributed by atoms with Gasteiger partial charge in [-0.2, -0.15) is 5.26 Å². The predicted octanol–water partition coefficient (Wildman–Crippen LogP) is -1.81. The molecule has 4 N–H and O–H groups in total. The molecule has 1 saturated heterocycles. The molecule has 0 aromatic carbocycles. The van der Waals surface area contributed by atoms with Crippen molar-refractivity contribution in [1.29, 1.82) is 5.26 Å². The van der Waals surface area contributed by atoms with Gasteiger partial charge in [0.15, 0.2) is 16.9 Å². The van der Waals surface area contributed by atoms with E-state index in [0.29, 0.717) is 0 Å². The number of H-pyrrole nitrogens is 1. The number of nitriles is 1. The van der Waals surface area contributed by atoms with Gasteiger partial charge in [-0.05, 0) is 0 Å². The van der Waals surface area contributed by atoms with Gasteiger partial charge in [0.25, 0.3) is 5.56 Å². The molecule has 0 spiro atoms. The lowest BCUT2D eigenvalue weighted by molar-refractivity contribution is -0.149. The smallest absolute Gasteiger partial charge is 0.278 e. The SMILES string of the molecule is N#CCC[C@@]1(n2cnc3c(=O)[nH]cnc32)O[C@H](CO)[C@@H](O)[C@H]1O. The Labute approximate surface area is 129 Å². The van der Waals surface area contributed by atoms with E-state index in [0.717, 1.165) is 0 Å². The summed E-state index contributed by atoms with van der Waals surface area (Å²) in [6, 6.07) is 1.95. The fraction of sp³-hybridized carbons (Fsp3) is 0.538. The van der Waals surface area contributed by atoms with Crippen LogP contribution in [0, 0.1) is 11.3 Å². The van der Waals surface area contributed by atoms with Crippen molar-refractivity contribution in [2.75, 3.05) is 6.61 Å². The molecule has 2 aromatic rings. The molecule has 0 bridgehead atoms. The number of aromatic amines is 1. The Morgan fingerprint density at radius 1 is 1.48 bits per heavy atom. The zero-order valence-corrected chi connectivity index (χ0v) is 12.0. The molecule has 122 valence electrons. The zero-order valence-electron chi connectivity index (χ0n) is 12.0. The highest BCUT2D eigenvalue weighted by Gasteiger charge is 2.55. The highest BCUT2D eigenvalue weighted by atomic mass is 16.6. The topological polar surface area (TPSA) is 157 Å². The zero-order chi connectivity index (χ0) is 16.6. The van der Waals surface area contributed by atoms with Gasteiger partial charge in [-0.25, -0.2) is 9.97 Å². The lowest BCUT2D eigenvalue weighted by atomic mass is 9.97. The van der Waals surface area contributed by atoms with Crippen LogP contribution in [0.1, 0.15) is 12.8 Å². The third kappa shape index (κ3) is 2.22. The first kappa shape index (κ1) is 15.6. The number of aliphatic hydroxyl groups is 3. The molecule has 1 fully saturated rings. The molecule has 0 radical (unpaired) electrons. The van der Waals surface area contributed by atoms with Crippen LogP contribution in [0.15, 0.2) is 17.4 Å². The Hall–Kier alpha value is -2.32. The Kier molecular flexibility index (Phi) is 3.87. The summed E-state index contributed by atoms with van der Waals surface area (Å²) >= 11 is 0. The van der Waals surface area contributed by atoms with E-state index in [1.807, 2.05) is 6.07 Å². The number of ether oxygens (including phenoxy) is 1. The molecule has 0 saturated carbocycles. The second-order valence-electron chi connectivity index (χ2n) is 5.30. The van der Waals surface area contributed by atoms with Crippen LogP contribution in [0.3, 0.4) is 0 Å². The number of nitrogens with zero attached hydrogens (tertiary/aromatic N) is 4. The summed E-state index contributed by atoms with van der Waals surface area (Å²) in [5, 5.41) is 38.7. The summed E-state index contributed by atoms with van der Waals surface area (Å²) < 4.78 is 7.02. The van der Waals surface area contributed by atoms with Crippen molar-refractivity contribution in [3.63, 3.8) is 0 Å². The number of hydrogen-bond donors (Lipinski definition) is 4. The Balaban J connectivity index is 2.18. The first-order chi connectivity index (χ1) is 11.0. The maximum atomic E-state index is 11.8. The Morgan fingerprint density at radius 3 is 2.91 bits per heavy atom. The molecule has 4 atom stereocenters. The highest BCUT2D eigenvalue weighted by Crippen LogP contribution is 2.40. The van der Waals surface area contributed by atoms with Gasteiger partial charge in [0.05, 0.1) is 25.3 Å². The summed E-state index contributed by atoms with van der Waals surface area (Å²) in [6.45, 7) is -0.507. The van der Waals surface area contributed by atoms with Crippen molar-refractivity contribution >= 4 is 11.2 Å². The molecule has 10 heteroatoms. The highest BCUT2D eigenvalue weighted by molar-refractivity contribution is 5.69. The van der Waals surface area contributed by atoms with Crippen molar-refractivity contribution in [3.05, 3.63) is 23.0 Å². The number of aromatic nitrogens is 4. The van der Waals surface area contributed by atoms with Crippen LogP contribution in [0.4, 0.5) is 0 Å². The third-order valence-electron chi connectivity index (χ3n) is 4.04. The van der Waals surface area contributed by atoms with E-state index >= 15 is 0 Å². The normalized spacial score (nSPS) is 30.6. The van der Waals surface area contributed by atoms with Gasteiger partial charge in [-0.15, -0.1) is 0 Å². The number of rotatable bonds is 4. The molecule has 0 aliphatic carbocycles. The first-order valence-corrected chi connectivity index (χ1v) is 6.98. The van der Waals surface area contributed by atoms with Gasteiger partial charge < -0.3 is 25.0 Å². The van der Waals surface area contributed by atoms with Gasteiger partial charge in [-0.3, -0.25) is 9.36 Å². The number of imidazole rings is 1. The predicted molar refractivity (Wildman–Crippen MR) is 74.9 cm³/mol. The summed E-state index contributed by atoms with van der Waals surface area (Å²) in [7, 11) is 0. The third-order valence-corrected chi connectivity index (χ3v) is 4.04. The van der Waals surface area contributed by atoms with Crippen LogP contribution in [-0.4, -0.2) is 59.8 Å². The molecular weight excluding hydrogens is 306 g/mol. The average molecular weight is 321 g/mol. The summed E-state index contributed by atoms with van der Waals surface area (Å²) in [4.78, 5) is 22.2. The van der Waals surface area contributed by atoms with Gasteiger partial charge >= 0.3 is 0 Å². The van der Waals surface area contributed by atoms with Crippen molar-refractivity contribution in [2.45, 2.75) is 36.9 Å². The molecule has 0 amide bonds. The van der Waals surface area contributed by atoms with Crippen LogP contribution < -0.4 is 5.56 Å². The van der Waals surface area contributed by atoms with E-state index in [-0.39, 0.29) is 24.0 Å². The summed E-state index contributed by atoms with van der Waals surface area (Å²) in [5.74, 6) is 0.